The summed E-state index contributed by atoms with van der Waals surface area (Å²) in [5.74, 6) is -0.0913. The molecule has 1 heterocycles. The number of nitrogens with one attached hydrogen (secondary N) is 1. The van der Waals surface area contributed by atoms with Gasteiger partial charge in [0.15, 0.2) is 0 Å². The quantitative estimate of drug-likeness (QED) is 0.945. The summed E-state index contributed by atoms with van der Waals surface area (Å²) in [4.78, 5) is 26.0. The molecule has 1 fully saturated rings. The zero-order chi connectivity index (χ0) is 15.5. The zero-order valence-corrected chi connectivity index (χ0v) is 12.5. The number of hydrogen-bond acceptors (Lipinski definition) is 2. The molecule has 0 saturated carbocycles. The topological polar surface area (TPSA) is 49.4 Å². The number of benzene rings is 2. The molecule has 1 saturated heterocycles. The third kappa shape index (κ3) is 3.01. The van der Waals surface area contributed by atoms with E-state index in [1.54, 1.807) is 17.0 Å². The van der Waals surface area contributed by atoms with Gasteiger partial charge in [0.05, 0.1) is 6.04 Å². The smallest absolute Gasteiger partial charge is 0.251 e. The van der Waals surface area contributed by atoms with Crippen LogP contribution in [-0.2, 0) is 4.79 Å². The van der Waals surface area contributed by atoms with Gasteiger partial charge in [0, 0.05) is 24.2 Å². The van der Waals surface area contributed by atoms with Gasteiger partial charge in [0.25, 0.3) is 5.91 Å². The predicted molar refractivity (Wildman–Crippen MR) is 85.8 cm³/mol. The van der Waals surface area contributed by atoms with Gasteiger partial charge in [0.2, 0.25) is 5.91 Å². The van der Waals surface area contributed by atoms with Crippen LogP contribution in [0.15, 0.2) is 54.6 Å². The first-order valence-electron chi connectivity index (χ1n) is 7.36. The molecule has 1 atom stereocenters. The lowest BCUT2D eigenvalue weighted by Crippen LogP contribution is -2.37. The first-order valence-corrected chi connectivity index (χ1v) is 7.36. The fourth-order valence-corrected chi connectivity index (χ4v) is 2.64. The second-order valence-electron chi connectivity index (χ2n) is 5.58. The van der Waals surface area contributed by atoms with Gasteiger partial charge in [-0.25, -0.2) is 0 Å². The first kappa shape index (κ1) is 14.3. The van der Waals surface area contributed by atoms with Gasteiger partial charge in [-0.1, -0.05) is 35.9 Å². The SMILES string of the molecule is Cc1ccc(N2CC(NC(=O)c3ccccc3)CC2=O)cc1. The van der Waals surface area contributed by atoms with E-state index >= 15 is 0 Å². The summed E-state index contributed by atoms with van der Waals surface area (Å²) in [6, 6.07) is 16.8. The molecule has 0 aromatic heterocycles. The monoisotopic (exact) mass is 294 g/mol. The summed E-state index contributed by atoms with van der Waals surface area (Å²) in [5, 5.41) is 2.94. The third-order valence-electron chi connectivity index (χ3n) is 3.84. The Kier molecular flexibility index (Phi) is 3.92. The summed E-state index contributed by atoms with van der Waals surface area (Å²) in [7, 11) is 0. The number of carbonyl (C=O) groups excluding carboxylic acids is 2. The van der Waals surface area contributed by atoms with Crippen molar-refractivity contribution in [3.8, 4) is 0 Å². The minimum Gasteiger partial charge on any atom is -0.347 e. The Hall–Kier alpha value is -2.62. The maximum absolute atomic E-state index is 12.2. The largest absolute Gasteiger partial charge is 0.347 e. The van der Waals surface area contributed by atoms with Gasteiger partial charge in [-0.15, -0.1) is 0 Å². The minimum atomic E-state index is -0.151. The lowest BCUT2D eigenvalue weighted by molar-refractivity contribution is -0.117. The van der Waals surface area contributed by atoms with E-state index in [-0.39, 0.29) is 17.9 Å². The van der Waals surface area contributed by atoms with Gasteiger partial charge in [-0.2, -0.15) is 0 Å². The molecule has 0 bridgehead atoms. The van der Waals surface area contributed by atoms with Crippen LogP contribution in [0.4, 0.5) is 5.69 Å². The second kappa shape index (κ2) is 6.02. The lowest BCUT2D eigenvalue weighted by Gasteiger charge is -2.17. The molecule has 1 N–H and O–H groups in total. The maximum Gasteiger partial charge on any atom is 0.251 e. The number of anilines is 1. The highest BCUT2D eigenvalue weighted by Gasteiger charge is 2.31. The predicted octanol–water partition coefficient (Wildman–Crippen LogP) is 2.53. The number of aryl methyl sites for hydroxylation is 1. The Balaban J connectivity index is 1.67. The third-order valence-corrected chi connectivity index (χ3v) is 3.84. The standard InChI is InChI=1S/C18H18N2O2/c1-13-7-9-16(10-8-13)20-12-15(11-17(20)21)19-18(22)14-5-3-2-4-6-14/h2-10,15H,11-12H2,1H3,(H,19,22). The second-order valence-corrected chi connectivity index (χ2v) is 5.58. The Morgan fingerprint density at radius 1 is 1.09 bits per heavy atom. The molecule has 0 spiro atoms. The average molecular weight is 294 g/mol. The Morgan fingerprint density at radius 3 is 2.45 bits per heavy atom. The van der Waals surface area contributed by atoms with E-state index in [0.717, 1.165) is 11.3 Å². The van der Waals surface area contributed by atoms with E-state index in [0.29, 0.717) is 18.5 Å². The molecule has 1 aliphatic heterocycles. The van der Waals surface area contributed by atoms with Gasteiger partial charge >= 0.3 is 0 Å². The first-order chi connectivity index (χ1) is 10.6. The van der Waals surface area contributed by atoms with Crippen LogP contribution in [0.2, 0.25) is 0 Å². The van der Waals surface area contributed by atoms with Crippen LogP contribution in [0, 0.1) is 6.92 Å². The lowest BCUT2D eigenvalue weighted by atomic mass is 10.2. The van der Waals surface area contributed by atoms with Crippen molar-refractivity contribution in [2.24, 2.45) is 0 Å². The van der Waals surface area contributed by atoms with Gasteiger partial charge in [0.1, 0.15) is 0 Å². The van der Waals surface area contributed by atoms with E-state index in [1.807, 2.05) is 49.4 Å². The summed E-state index contributed by atoms with van der Waals surface area (Å²) >= 11 is 0. The molecule has 2 amide bonds. The van der Waals surface area contributed by atoms with Crippen molar-refractivity contribution < 1.29 is 9.59 Å². The van der Waals surface area contributed by atoms with Crippen molar-refractivity contribution in [3.05, 3.63) is 65.7 Å². The number of rotatable bonds is 3. The average Bonchev–Trinajstić information content (AvgIpc) is 2.89. The minimum absolute atomic E-state index is 0.0437. The zero-order valence-electron chi connectivity index (χ0n) is 12.5. The Morgan fingerprint density at radius 2 is 1.77 bits per heavy atom. The molecule has 0 radical (unpaired) electrons. The van der Waals surface area contributed by atoms with Crippen molar-refractivity contribution >= 4 is 17.5 Å². The Bertz CT molecular complexity index is 680. The molecule has 4 nitrogen and oxygen atoms in total. The molecule has 1 aliphatic rings. The molecule has 22 heavy (non-hydrogen) atoms. The number of amides is 2. The molecule has 4 heteroatoms. The molecule has 112 valence electrons. The molecular weight excluding hydrogens is 276 g/mol. The van der Waals surface area contributed by atoms with Crippen molar-refractivity contribution in [1.82, 2.24) is 5.32 Å². The summed E-state index contributed by atoms with van der Waals surface area (Å²) in [6.07, 6.45) is 0.340. The molecule has 0 aliphatic carbocycles. The van der Waals surface area contributed by atoms with Crippen LogP contribution in [0.3, 0.4) is 0 Å². The van der Waals surface area contributed by atoms with Crippen molar-refractivity contribution in [1.29, 1.82) is 0 Å². The number of nitrogens with zero attached hydrogens (tertiary/aromatic N) is 1. The van der Waals surface area contributed by atoms with Crippen LogP contribution >= 0.6 is 0 Å². The van der Waals surface area contributed by atoms with Gasteiger partial charge in [-0.05, 0) is 31.2 Å². The number of carbonyl (C=O) groups is 2. The van der Waals surface area contributed by atoms with Gasteiger partial charge in [-0.3, -0.25) is 9.59 Å². The fraction of sp³-hybridized carbons (Fsp3) is 0.222. The van der Waals surface area contributed by atoms with Crippen LogP contribution in [-0.4, -0.2) is 24.4 Å². The van der Waals surface area contributed by atoms with Crippen molar-refractivity contribution in [2.75, 3.05) is 11.4 Å². The summed E-state index contributed by atoms with van der Waals surface area (Å²) in [5.41, 5.74) is 2.65. The Labute approximate surface area is 129 Å². The van der Waals surface area contributed by atoms with Crippen LogP contribution < -0.4 is 10.2 Å². The van der Waals surface area contributed by atoms with E-state index in [2.05, 4.69) is 5.32 Å². The van der Waals surface area contributed by atoms with Crippen LogP contribution in [0.25, 0.3) is 0 Å². The van der Waals surface area contributed by atoms with Crippen LogP contribution in [0.1, 0.15) is 22.3 Å². The van der Waals surface area contributed by atoms with E-state index in [4.69, 9.17) is 0 Å². The maximum atomic E-state index is 12.2. The normalized spacial score (nSPS) is 17.6. The van der Waals surface area contributed by atoms with Crippen LogP contribution in [0.5, 0.6) is 0 Å². The van der Waals surface area contributed by atoms with Crippen molar-refractivity contribution in [2.45, 2.75) is 19.4 Å². The number of hydrogen-bond donors (Lipinski definition) is 1. The molecular formula is C18H18N2O2. The molecule has 3 rings (SSSR count). The van der Waals surface area contributed by atoms with E-state index in [1.165, 1.54) is 0 Å². The molecule has 2 aromatic rings. The highest BCUT2D eigenvalue weighted by atomic mass is 16.2. The van der Waals surface area contributed by atoms with E-state index in [9.17, 15) is 9.59 Å². The highest BCUT2D eigenvalue weighted by molar-refractivity contribution is 5.98. The van der Waals surface area contributed by atoms with E-state index < -0.39 is 0 Å². The fourth-order valence-electron chi connectivity index (χ4n) is 2.64. The molecule has 2 aromatic carbocycles. The van der Waals surface area contributed by atoms with Crippen molar-refractivity contribution in [3.63, 3.8) is 0 Å². The summed E-state index contributed by atoms with van der Waals surface area (Å²) < 4.78 is 0. The molecule has 1 unspecified atom stereocenters. The summed E-state index contributed by atoms with van der Waals surface area (Å²) in [6.45, 7) is 2.53. The van der Waals surface area contributed by atoms with Gasteiger partial charge < -0.3 is 10.2 Å². The highest BCUT2D eigenvalue weighted by Crippen LogP contribution is 2.22.